The molecule has 6 heteroatoms. The van der Waals surface area contributed by atoms with Gasteiger partial charge in [0.1, 0.15) is 17.0 Å². The molecule has 1 aliphatic rings. The van der Waals surface area contributed by atoms with Gasteiger partial charge in [0.05, 0.1) is 5.52 Å². The predicted molar refractivity (Wildman–Crippen MR) is 95.2 cm³/mol. The zero-order chi connectivity index (χ0) is 16.8. The van der Waals surface area contributed by atoms with Crippen LogP contribution in [0.15, 0.2) is 53.6 Å². The summed E-state index contributed by atoms with van der Waals surface area (Å²) in [5.74, 6) is -0.0809. The molecule has 0 radical (unpaired) electrons. The molecule has 1 aromatic heterocycles. The van der Waals surface area contributed by atoms with Gasteiger partial charge in [0.25, 0.3) is 5.91 Å². The Kier molecular flexibility index (Phi) is 3.44. The Bertz CT molecular complexity index is 972. The van der Waals surface area contributed by atoms with Gasteiger partial charge in [-0.2, -0.15) is 0 Å². The van der Waals surface area contributed by atoms with Crippen LogP contribution in [0, 0.1) is 0 Å². The largest absolute Gasteiger partial charge is 0.588 e. The van der Waals surface area contributed by atoms with Crippen molar-refractivity contribution in [2.24, 2.45) is 0 Å². The molecular formula is C18H15N3O2S. The summed E-state index contributed by atoms with van der Waals surface area (Å²) >= 11 is -1.38. The number of nitrogens with one attached hydrogen (secondary N) is 1. The summed E-state index contributed by atoms with van der Waals surface area (Å²) in [5.41, 5.74) is 3.81. The minimum absolute atomic E-state index is 0.0809. The van der Waals surface area contributed by atoms with E-state index in [2.05, 4.69) is 9.71 Å². The summed E-state index contributed by atoms with van der Waals surface area (Å²) in [4.78, 5) is 18.9. The first kappa shape index (κ1) is 15.0. The second-order valence-electron chi connectivity index (χ2n) is 5.84. The number of nitrogens with zero attached hydrogens (tertiary/aromatic N) is 2. The molecule has 1 atom stereocenters. The number of amides is 1. The van der Waals surface area contributed by atoms with Gasteiger partial charge in [-0.25, -0.2) is 4.72 Å². The van der Waals surface area contributed by atoms with Crippen LogP contribution in [0.2, 0.25) is 0 Å². The zero-order valence-electron chi connectivity index (χ0n) is 13.2. The van der Waals surface area contributed by atoms with Crippen LogP contribution in [0.5, 0.6) is 0 Å². The fourth-order valence-electron chi connectivity index (χ4n) is 2.91. The van der Waals surface area contributed by atoms with Crippen molar-refractivity contribution in [3.63, 3.8) is 0 Å². The maximum absolute atomic E-state index is 12.6. The highest BCUT2D eigenvalue weighted by Gasteiger charge is 2.29. The highest BCUT2D eigenvalue weighted by Crippen LogP contribution is 2.42. The molecular weight excluding hydrogens is 322 g/mol. The van der Waals surface area contributed by atoms with Crippen molar-refractivity contribution < 1.29 is 9.35 Å². The van der Waals surface area contributed by atoms with Gasteiger partial charge in [0, 0.05) is 42.4 Å². The van der Waals surface area contributed by atoms with Crippen LogP contribution >= 0.6 is 0 Å². The van der Waals surface area contributed by atoms with E-state index in [0.717, 1.165) is 27.7 Å². The van der Waals surface area contributed by atoms with Gasteiger partial charge in [-0.3, -0.25) is 9.78 Å². The van der Waals surface area contributed by atoms with Crippen LogP contribution in [0.3, 0.4) is 0 Å². The minimum atomic E-state index is -1.38. The first-order chi connectivity index (χ1) is 11.6. The molecule has 4 rings (SSSR count). The topological polar surface area (TPSA) is 68.3 Å². The summed E-state index contributed by atoms with van der Waals surface area (Å²) in [6.07, 6.45) is 1.72. The number of carbonyl (C=O) groups excluding carboxylic acids is 1. The Morgan fingerprint density at radius 2 is 2.00 bits per heavy atom. The van der Waals surface area contributed by atoms with Crippen LogP contribution in [0.1, 0.15) is 10.4 Å². The molecule has 0 saturated carbocycles. The normalized spacial score (nSPS) is 15.4. The molecule has 120 valence electrons. The molecule has 0 spiro atoms. The maximum atomic E-state index is 12.6. The highest BCUT2D eigenvalue weighted by atomic mass is 32.2. The van der Waals surface area contributed by atoms with E-state index in [1.54, 1.807) is 32.4 Å². The average Bonchev–Trinajstić information content (AvgIpc) is 2.60. The van der Waals surface area contributed by atoms with Crippen LogP contribution in [0.25, 0.3) is 22.0 Å². The van der Waals surface area contributed by atoms with Gasteiger partial charge in [-0.1, -0.05) is 18.2 Å². The number of benzene rings is 2. The van der Waals surface area contributed by atoms with Gasteiger partial charge >= 0.3 is 0 Å². The van der Waals surface area contributed by atoms with E-state index in [1.165, 1.54) is 4.90 Å². The lowest BCUT2D eigenvalue weighted by Crippen LogP contribution is -2.23. The molecule has 24 heavy (non-hydrogen) atoms. The maximum Gasteiger partial charge on any atom is 0.253 e. The predicted octanol–water partition coefficient (Wildman–Crippen LogP) is 3.05. The first-order valence-electron chi connectivity index (χ1n) is 7.48. The highest BCUT2D eigenvalue weighted by molar-refractivity contribution is 7.93. The molecule has 2 aromatic carbocycles. The number of aromatic nitrogens is 1. The molecule has 5 nitrogen and oxygen atoms in total. The summed E-state index contributed by atoms with van der Waals surface area (Å²) in [6.45, 7) is 0. The minimum Gasteiger partial charge on any atom is -0.588 e. The third-order valence-electron chi connectivity index (χ3n) is 4.09. The SMILES string of the molecule is CN(C)C(=O)c1ccc2c(c1)-c1ccc3cccnc3c1N[S+]2[O-]. The first-order valence-corrected chi connectivity index (χ1v) is 8.63. The molecule has 1 aliphatic heterocycles. The van der Waals surface area contributed by atoms with Crippen LogP contribution in [-0.2, 0) is 11.4 Å². The molecule has 0 aliphatic carbocycles. The summed E-state index contributed by atoms with van der Waals surface area (Å²) in [6, 6.07) is 13.1. The van der Waals surface area contributed by atoms with E-state index >= 15 is 0 Å². The number of rotatable bonds is 1. The lowest BCUT2D eigenvalue weighted by molar-refractivity contribution is 0.0827. The van der Waals surface area contributed by atoms with E-state index in [1.807, 2.05) is 30.3 Å². The molecule has 1 unspecified atom stereocenters. The van der Waals surface area contributed by atoms with E-state index in [4.69, 9.17) is 0 Å². The fraction of sp³-hybridized carbons (Fsp3) is 0.111. The Labute approximate surface area is 142 Å². The monoisotopic (exact) mass is 337 g/mol. The van der Waals surface area contributed by atoms with Crippen molar-refractivity contribution in [3.05, 3.63) is 54.2 Å². The Hall–Kier alpha value is -2.57. The second-order valence-corrected chi connectivity index (χ2v) is 7.03. The number of fused-ring (bicyclic) bond motifs is 5. The Balaban J connectivity index is 1.97. The average molecular weight is 337 g/mol. The third-order valence-corrected chi connectivity index (χ3v) is 5.24. The van der Waals surface area contributed by atoms with Crippen molar-refractivity contribution in [2.75, 3.05) is 18.8 Å². The molecule has 1 N–H and O–H groups in total. The lowest BCUT2D eigenvalue weighted by atomic mass is 9.98. The standard InChI is InChI=1S/C18H15N3O2S/c1-21(2)18(22)12-6-8-15-14(10-12)13-7-5-11-4-3-9-19-16(11)17(13)20-24(15)23/h3-10,20H,1-2H3. The van der Waals surface area contributed by atoms with Crippen molar-refractivity contribution >= 4 is 33.9 Å². The van der Waals surface area contributed by atoms with Crippen LogP contribution < -0.4 is 4.72 Å². The number of carbonyl (C=O) groups is 1. The molecule has 0 bridgehead atoms. The number of hydrogen-bond donors (Lipinski definition) is 1. The third kappa shape index (κ3) is 2.23. The summed E-state index contributed by atoms with van der Waals surface area (Å²) < 4.78 is 15.6. The van der Waals surface area contributed by atoms with E-state index < -0.39 is 11.4 Å². The lowest BCUT2D eigenvalue weighted by Gasteiger charge is -2.24. The smallest absolute Gasteiger partial charge is 0.253 e. The second kappa shape index (κ2) is 5.51. The van der Waals surface area contributed by atoms with E-state index in [9.17, 15) is 9.35 Å². The van der Waals surface area contributed by atoms with E-state index in [-0.39, 0.29) is 5.91 Å². The van der Waals surface area contributed by atoms with E-state index in [0.29, 0.717) is 10.5 Å². The number of pyridine rings is 1. The van der Waals surface area contributed by atoms with Crippen molar-refractivity contribution in [1.29, 1.82) is 0 Å². The summed E-state index contributed by atoms with van der Waals surface area (Å²) in [5, 5.41) is 0.977. The van der Waals surface area contributed by atoms with Crippen molar-refractivity contribution in [3.8, 4) is 11.1 Å². The molecule has 0 saturated heterocycles. The van der Waals surface area contributed by atoms with Crippen LogP contribution in [-0.4, -0.2) is 34.4 Å². The van der Waals surface area contributed by atoms with Crippen LogP contribution in [0.4, 0.5) is 5.69 Å². The zero-order valence-corrected chi connectivity index (χ0v) is 14.1. The van der Waals surface area contributed by atoms with Crippen molar-refractivity contribution in [1.82, 2.24) is 9.88 Å². The Morgan fingerprint density at radius 3 is 2.79 bits per heavy atom. The number of anilines is 1. The Morgan fingerprint density at radius 1 is 1.17 bits per heavy atom. The van der Waals surface area contributed by atoms with Gasteiger partial charge < -0.3 is 9.45 Å². The molecule has 2 heterocycles. The fourth-order valence-corrected chi connectivity index (χ4v) is 3.98. The van der Waals surface area contributed by atoms with Gasteiger partial charge in [0.15, 0.2) is 4.90 Å². The van der Waals surface area contributed by atoms with Crippen molar-refractivity contribution in [2.45, 2.75) is 4.90 Å². The van der Waals surface area contributed by atoms with Gasteiger partial charge in [-0.05, 0) is 24.3 Å². The molecule has 1 amide bonds. The number of hydrogen-bond acceptors (Lipinski definition) is 4. The molecule has 0 fully saturated rings. The molecule has 3 aromatic rings. The van der Waals surface area contributed by atoms with Gasteiger partial charge in [0.2, 0.25) is 0 Å². The summed E-state index contributed by atoms with van der Waals surface area (Å²) in [7, 11) is 3.43. The van der Waals surface area contributed by atoms with Gasteiger partial charge in [-0.15, -0.1) is 0 Å². The quantitative estimate of drug-likeness (QED) is 0.693.